The first-order chi connectivity index (χ1) is 7.22. The molecular formula is C12H23NO2. The highest BCUT2D eigenvalue weighted by Gasteiger charge is 2.17. The standard InChI is InChI=1S/C12H23NO2/c1-3-5-7-8-9-11-12(13(14)15)10-6-4-2/h12H,1-11H2. The Labute approximate surface area is 93.4 Å². The Morgan fingerprint density at radius 3 is 2.00 bits per heavy atom. The lowest BCUT2D eigenvalue weighted by molar-refractivity contribution is -0.524. The second-order valence-electron chi connectivity index (χ2n) is 3.99. The first-order valence-electron chi connectivity index (χ1n) is 5.94. The average Bonchev–Trinajstić information content (AvgIpc) is 2.21. The predicted molar refractivity (Wildman–Crippen MR) is 63.0 cm³/mol. The highest BCUT2D eigenvalue weighted by atomic mass is 16.6. The van der Waals surface area contributed by atoms with Crippen LogP contribution in [0.5, 0.6) is 0 Å². The molecule has 15 heavy (non-hydrogen) atoms. The van der Waals surface area contributed by atoms with Gasteiger partial charge in [-0.1, -0.05) is 46.0 Å². The molecule has 0 amide bonds. The number of hydrogen-bond donors (Lipinski definition) is 0. The minimum Gasteiger partial charge on any atom is -0.264 e. The molecule has 88 valence electrons. The Morgan fingerprint density at radius 2 is 1.47 bits per heavy atom. The summed E-state index contributed by atoms with van der Waals surface area (Å²) >= 11 is 0. The summed E-state index contributed by atoms with van der Waals surface area (Å²) in [5, 5.41) is 10.7. The molecular weight excluding hydrogens is 190 g/mol. The van der Waals surface area contributed by atoms with Crippen LogP contribution in [0.3, 0.4) is 0 Å². The molecule has 0 aliphatic carbocycles. The number of hydrogen-bond acceptors (Lipinski definition) is 2. The molecule has 3 nitrogen and oxygen atoms in total. The Morgan fingerprint density at radius 1 is 0.933 bits per heavy atom. The molecule has 0 fully saturated rings. The van der Waals surface area contributed by atoms with Crippen LogP contribution in [0.15, 0.2) is 0 Å². The molecule has 0 saturated heterocycles. The highest BCUT2D eigenvalue weighted by Crippen LogP contribution is 2.13. The summed E-state index contributed by atoms with van der Waals surface area (Å²) in [5.74, 6) is 0. The minimum atomic E-state index is -0.341. The van der Waals surface area contributed by atoms with Crippen molar-refractivity contribution in [3.05, 3.63) is 24.0 Å². The SMILES string of the molecule is [CH2]CCCCCCC(CCC[CH2])[N+](=O)[O-]. The van der Waals surface area contributed by atoms with E-state index in [9.17, 15) is 10.1 Å². The first kappa shape index (κ1) is 14.4. The Kier molecular flexibility index (Phi) is 9.54. The lowest BCUT2D eigenvalue weighted by Gasteiger charge is -2.08. The van der Waals surface area contributed by atoms with Crippen LogP contribution in [0.2, 0.25) is 0 Å². The van der Waals surface area contributed by atoms with Gasteiger partial charge in [-0.2, -0.15) is 0 Å². The van der Waals surface area contributed by atoms with E-state index in [0.29, 0.717) is 6.42 Å². The molecule has 0 heterocycles. The molecule has 0 aliphatic rings. The van der Waals surface area contributed by atoms with Crippen LogP contribution in [0, 0.1) is 24.0 Å². The van der Waals surface area contributed by atoms with E-state index in [0.717, 1.165) is 51.4 Å². The van der Waals surface area contributed by atoms with Crippen LogP contribution >= 0.6 is 0 Å². The van der Waals surface area contributed by atoms with Gasteiger partial charge in [0.25, 0.3) is 0 Å². The van der Waals surface area contributed by atoms with Crippen LogP contribution in [-0.2, 0) is 0 Å². The van der Waals surface area contributed by atoms with Crippen molar-refractivity contribution < 1.29 is 4.92 Å². The van der Waals surface area contributed by atoms with E-state index in [4.69, 9.17) is 0 Å². The van der Waals surface area contributed by atoms with Crippen molar-refractivity contribution in [2.24, 2.45) is 0 Å². The number of rotatable bonds is 10. The zero-order valence-electron chi connectivity index (χ0n) is 9.62. The highest BCUT2D eigenvalue weighted by molar-refractivity contribution is 4.59. The third-order valence-corrected chi connectivity index (χ3v) is 2.62. The number of unbranched alkanes of at least 4 members (excludes halogenated alkanes) is 5. The second-order valence-corrected chi connectivity index (χ2v) is 3.99. The van der Waals surface area contributed by atoms with E-state index in [1.54, 1.807) is 0 Å². The third-order valence-electron chi connectivity index (χ3n) is 2.62. The van der Waals surface area contributed by atoms with E-state index < -0.39 is 0 Å². The molecule has 2 radical (unpaired) electrons. The molecule has 1 atom stereocenters. The average molecular weight is 213 g/mol. The van der Waals surface area contributed by atoms with Crippen LogP contribution in [-0.4, -0.2) is 11.0 Å². The van der Waals surface area contributed by atoms with Gasteiger partial charge in [-0.3, -0.25) is 10.1 Å². The molecule has 3 heteroatoms. The molecule has 0 aromatic carbocycles. The van der Waals surface area contributed by atoms with Crippen molar-refractivity contribution in [2.45, 2.75) is 63.8 Å². The molecule has 0 rings (SSSR count). The lowest BCUT2D eigenvalue weighted by atomic mass is 10.0. The van der Waals surface area contributed by atoms with Gasteiger partial charge in [-0.05, 0) is 12.8 Å². The molecule has 0 aromatic rings. The van der Waals surface area contributed by atoms with Gasteiger partial charge < -0.3 is 0 Å². The first-order valence-corrected chi connectivity index (χ1v) is 5.94. The summed E-state index contributed by atoms with van der Waals surface area (Å²) in [5.41, 5.74) is 0. The van der Waals surface area contributed by atoms with Crippen molar-refractivity contribution in [2.75, 3.05) is 0 Å². The van der Waals surface area contributed by atoms with Crippen LogP contribution in [0.4, 0.5) is 0 Å². The summed E-state index contributed by atoms with van der Waals surface area (Å²) in [6.45, 7) is 7.48. The zero-order valence-corrected chi connectivity index (χ0v) is 9.62. The topological polar surface area (TPSA) is 43.1 Å². The summed E-state index contributed by atoms with van der Waals surface area (Å²) < 4.78 is 0. The molecule has 0 saturated carbocycles. The van der Waals surface area contributed by atoms with Crippen LogP contribution in [0.1, 0.15) is 57.8 Å². The van der Waals surface area contributed by atoms with E-state index in [1.165, 1.54) is 0 Å². The Balaban J connectivity index is 3.53. The van der Waals surface area contributed by atoms with Gasteiger partial charge >= 0.3 is 0 Å². The number of nitro groups is 1. The van der Waals surface area contributed by atoms with Crippen LogP contribution < -0.4 is 0 Å². The molecule has 0 N–H and O–H groups in total. The van der Waals surface area contributed by atoms with Crippen molar-refractivity contribution in [1.82, 2.24) is 0 Å². The molecule has 0 aliphatic heterocycles. The Hall–Kier alpha value is -0.600. The lowest BCUT2D eigenvalue weighted by Crippen LogP contribution is -2.19. The van der Waals surface area contributed by atoms with Gasteiger partial charge in [0, 0.05) is 17.8 Å². The van der Waals surface area contributed by atoms with Crippen LogP contribution in [0.25, 0.3) is 0 Å². The largest absolute Gasteiger partial charge is 0.264 e. The molecule has 0 aromatic heterocycles. The maximum Gasteiger partial charge on any atom is 0.213 e. The van der Waals surface area contributed by atoms with Gasteiger partial charge in [-0.25, -0.2) is 0 Å². The maximum absolute atomic E-state index is 10.7. The third kappa shape index (κ3) is 8.40. The van der Waals surface area contributed by atoms with E-state index in [-0.39, 0.29) is 11.0 Å². The van der Waals surface area contributed by atoms with Crippen molar-refractivity contribution >= 4 is 0 Å². The number of nitrogens with zero attached hydrogens (tertiary/aromatic N) is 1. The monoisotopic (exact) mass is 213 g/mol. The second kappa shape index (κ2) is 9.94. The van der Waals surface area contributed by atoms with Gasteiger partial charge in [0.15, 0.2) is 0 Å². The van der Waals surface area contributed by atoms with Gasteiger partial charge in [0.2, 0.25) is 6.04 Å². The van der Waals surface area contributed by atoms with Crippen molar-refractivity contribution in [3.63, 3.8) is 0 Å². The smallest absolute Gasteiger partial charge is 0.213 e. The fourth-order valence-electron chi connectivity index (χ4n) is 1.65. The summed E-state index contributed by atoms with van der Waals surface area (Å²) in [6, 6.07) is -0.341. The van der Waals surface area contributed by atoms with E-state index in [1.807, 2.05) is 0 Å². The molecule has 1 unspecified atom stereocenters. The quantitative estimate of drug-likeness (QED) is 0.314. The minimum absolute atomic E-state index is 0.128. The summed E-state index contributed by atoms with van der Waals surface area (Å²) in [7, 11) is 0. The van der Waals surface area contributed by atoms with E-state index >= 15 is 0 Å². The normalized spacial score (nSPS) is 12.7. The van der Waals surface area contributed by atoms with Gasteiger partial charge in [-0.15, -0.1) is 0 Å². The molecule has 0 spiro atoms. The van der Waals surface area contributed by atoms with Gasteiger partial charge in [0.1, 0.15) is 0 Å². The summed E-state index contributed by atoms with van der Waals surface area (Å²) in [6.07, 6.45) is 8.42. The molecule has 0 bridgehead atoms. The predicted octanol–water partition coefficient (Wildman–Crippen LogP) is 3.81. The zero-order chi connectivity index (χ0) is 11.5. The van der Waals surface area contributed by atoms with Crippen molar-refractivity contribution in [3.8, 4) is 0 Å². The van der Waals surface area contributed by atoms with Crippen molar-refractivity contribution in [1.29, 1.82) is 0 Å². The Bertz CT molecular complexity index is 160. The van der Waals surface area contributed by atoms with Gasteiger partial charge in [0.05, 0.1) is 0 Å². The summed E-state index contributed by atoms with van der Waals surface area (Å²) in [4.78, 5) is 10.6. The fraction of sp³-hybridized carbons (Fsp3) is 0.833. The maximum atomic E-state index is 10.7. The fourth-order valence-corrected chi connectivity index (χ4v) is 1.65. The van der Waals surface area contributed by atoms with E-state index in [2.05, 4.69) is 13.8 Å².